The van der Waals surface area contributed by atoms with Crippen molar-refractivity contribution in [3.05, 3.63) is 28.2 Å². The number of sulfonamides is 1. The third-order valence-electron chi connectivity index (χ3n) is 3.50. The molecular weight excluding hydrogens is 351 g/mol. The van der Waals surface area contributed by atoms with Crippen molar-refractivity contribution < 1.29 is 18.3 Å². The standard InChI is InChI=1S/C13H16Cl2N2O4S/c14-11-2-1-10(9-12(11)15)22(20,21)17-7-5-16(6-8-17)4-3-13(18)19/h1-2,9H,3-8H2,(H,18,19). The Bertz CT molecular complexity index is 658. The molecule has 1 aromatic rings. The fourth-order valence-electron chi connectivity index (χ4n) is 2.23. The van der Waals surface area contributed by atoms with E-state index in [1.807, 2.05) is 4.90 Å². The molecule has 1 heterocycles. The summed E-state index contributed by atoms with van der Waals surface area (Å²) in [4.78, 5) is 12.6. The average Bonchev–Trinajstić information content (AvgIpc) is 2.48. The minimum absolute atomic E-state index is 0.0551. The summed E-state index contributed by atoms with van der Waals surface area (Å²) < 4.78 is 26.4. The Balaban J connectivity index is 2.03. The predicted molar refractivity (Wildman–Crippen MR) is 83.9 cm³/mol. The highest BCUT2D eigenvalue weighted by Gasteiger charge is 2.28. The van der Waals surface area contributed by atoms with Crippen LogP contribution in [0.4, 0.5) is 0 Å². The van der Waals surface area contributed by atoms with Gasteiger partial charge in [-0.25, -0.2) is 8.42 Å². The average molecular weight is 367 g/mol. The lowest BCUT2D eigenvalue weighted by atomic mass is 10.3. The number of carbonyl (C=O) groups is 1. The summed E-state index contributed by atoms with van der Waals surface area (Å²) in [7, 11) is -3.61. The zero-order valence-electron chi connectivity index (χ0n) is 11.7. The Morgan fingerprint density at radius 1 is 1.14 bits per heavy atom. The maximum absolute atomic E-state index is 12.5. The molecule has 22 heavy (non-hydrogen) atoms. The van der Waals surface area contributed by atoms with Crippen molar-refractivity contribution in [3.8, 4) is 0 Å². The summed E-state index contributed by atoms with van der Waals surface area (Å²) in [6.45, 7) is 2.09. The van der Waals surface area contributed by atoms with Gasteiger partial charge in [-0.15, -0.1) is 0 Å². The first-order chi connectivity index (χ1) is 10.3. The molecule has 6 nitrogen and oxygen atoms in total. The summed E-state index contributed by atoms with van der Waals surface area (Å²) in [5.74, 6) is -0.856. The molecule has 0 amide bonds. The van der Waals surface area contributed by atoms with Crippen LogP contribution in [0.25, 0.3) is 0 Å². The number of benzene rings is 1. The number of piperazine rings is 1. The number of nitrogens with zero attached hydrogens (tertiary/aromatic N) is 2. The van der Waals surface area contributed by atoms with Crippen LogP contribution in [-0.2, 0) is 14.8 Å². The molecule has 1 fully saturated rings. The van der Waals surface area contributed by atoms with Crippen molar-refractivity contribution in [3.63, 3.8) is 0 Å². The lowest BCUT2D eigenvalue weighted by Gasteiger charge is -2.33. The molecule has 0 saturated carbocycles. The van der Waals surface area contributed by atoms with Crippen LogP contribution in [0.2, 0.25) is 10.0 Å². The summed E-state index contributed by atoms with van der Waals surface area (Å²) in [6, 6.07) is 4.23. The smallest absolute Gasteiger partial charge is 0.304 e. The van der Waals surface area contributed by atoms with Crippen LogP contribution in [0, 0.1) is 0 Å². The van der Waals surface area contributed by atoms with E-state index in [0.717, 1.165) is 0 Å². The fraction of sp³-hybridized carbons (Fsp3) is 0.462. The van der Waals surface area contributed by atoms with Crippen LogP contribution < -0.4 is 0 Å². The van der Waals surface area contributed by atoms with Crippen LogP contribution in [0.1, 0.15) is 6.42 Å². The number of aliphatic carboxylic acids is 1. The lowest BCUT2D eigenvalue weighted by Crippen LogP contribution is -2.48. The molecular formula is C13H16Cl2N2O4S. The van der Waals surface area contributed by atoms with Gasteiger partial charge in [0.1, 0.15) is 0 Å². The van der Waals surface area contributed by atoms with Gasteiger partial charge in [-0.05, 0) is 18.2 Å². The molecule has 0 aliphatic carbocycles. The van der Waals surface area contributed by atoms with Crippen molar-refractivity contribution >= 4 is 39.2 Å². The normalized spacial score (nSPS) is 17.5. The Morgan fingerprint density at radius 3 is 2.32 bits per heavy atom. The van der Waals surface area contributed by atoms with Crippen LogP contribution in [0.5, 0.6) is 0 Å². The molecule has 2 rings (SSSR count). The highest BCUT2D eigenvalue weighted by molar-refractivity contribution is 7.89. The van der Waals surface area contributed by atoms with Crippen molar-refractivity contribution in [1.82, 2.24) is 9.21 Å². The van der Waals surface area contributed by atoms with Gasteiger partial charge in [0, 0.05) is 32.7 Å². The van der Waals surface area contributed by atoms with E-state index >= 15 is 0 Å². The minimum Gasteiger partial charge on any atom is -0.481 e. The van der Waals surface area contributed by atoms with Gasteiger partial charge < -0.3 is 10.0 Å². The predicted octanol–water partition coefficient (Wildman–Crippen LogP) is 1.77. The van der Waals surface area contributed by atoms with E-state index in [4.69, 9.17) is 28.3 Å². The first kappa shape index (κ1) is 17.5. The molecule has 122 valence electrons. The number of carboxylic acid groups (broad SMARTS) is 1. The van der Waals surface area contributed by atoms with Crippen LogP contribution in [0.3, 0.4) is 0 Å². The van der Waals surface area contributed by atoms with Gasteiger partial charge in [-0.2, -0.15) is 4.31 Å². The molecule has 0 radical (unpaired) electrons. The number of halogens is 2. The highest BCUT2D eigenvalue weighted by atomic mass is 35.5. The number of hydrogen-bond acceptors (Lipinski definition) is 4. The van der Waals surface area contributed by atoms with E-state index in [1.54, 1.807) is 0 Å². The van der Waals surface area contributed by atoms with Gasteiger partial charge in [0.2, 0.25) is 10.0 Å². The zero-order chi connectivity index (χ0) is 16.3. The van der Waals surface area contributed by atoms with E-state index < -0.39 is 16.0 Å². The third kappa shape index (κ3) is 4.11. The second-order valence-corrected chi connectivity index (χ2v) is 7.72. The molecule has 1 saturated heterocycles. The van der Waals surface area contributed by atoms with Crippen molar-refractivity contribution in [2.45, 2.75) is 11.3 Å². The monoisotopic (exact) mass is 366 g/mol. The van der Waals surface area contributed by atoms with Crippen molar-refractivity contribution in [1.29, 1.82) is 0 Å². The topological polar surface area (TPSA) is 77.9 Å². The molecule has 1 aliphatic rings. The van der Waals surface area contributed by atoms with Crippen LogP contribution >= 0.6 is 23.2 Å². The molecule has 0 spiro atoms. The third-order valence-corrected chi connectivity index (χ3v) is 6.14. The molecule has 0 aromatic heterocycles. The van der Waals surface area contributed by atoms with Gasteiger partial charge in [-0.1, -0.05) is 23.2 Å². The molecule has 1 N–H and O–H groups in total. The molecule has 1 aliphatic heterocycles. The SMILES string of the molecule is O=C(O)CCN1CCN(S(=O)(=O)c2ccc(Cl)c(Cl)c2)CC1. The fourth-order valence-corrected chi connectivity index (χ4v) is 4.05. The molecule has 0 atom stereocenters. The van der Waals surface area contributed by atoms with Gasteiger partial charge >= 0.3 is 5.97 Å². The van der Waals surface area contributed by atoms with Gasteiger partial charge in [-0.3, -0.25) is 4.79 Å². The van der Waals surface area contributed by atoms with Crippen molar-refractivity contribution in [2.24, 2.45) is 0 Å². The quantitative estimate of drug-likeness (QED) is 0.858. The maximum Gasteiger partial charge on any atom is 0.304 e. The Kier molecular flexibility index (Phi) is 5.68. The second kappa shape index (κ2) is 7.14. The molecule has 0 bridgehead atoms. The highest BCUT2D eigenvalue weighted by Crippen LogP contribution is 2.26. The molecule has 1 aromatic carbocycles. The summed E-state index contributed by atoms with van der Waals surface area (Å²) in [5.41, 5.74) is 0. The van der Waals surface area contributed by atoms with E-state index in [9.17, 15) is 13.2 Å². The van der Waals surface area contributed by atoms with Crippen LogP contribution in [0.15, 0.2) is 23.1 Å². The largest absolute Gasteiger partial charge is 0.481 e. The van der Waals surface area contributed by atoms with Gasteiger partial charge in [0.25, 0.3) is 0 Å². The summed E-state index contributed by atoms with van der Waals surface area (Å²) in [5, 5.41) is 9.17. The van der Waals surface area contributed by atoms with E-state index in [-0.39, 0.29) is 16.3 Å². The van der Waals surface area contributed by atoms with Crippen molar-refractivity contribution in [2.75, 3.05) is 32.7 Å². The number of rotatable bonds is 5. The number of carboxylic acids is 1. The Labute approximate surface area is 139 Å². The van der Waals surface area contributed by atoms with Gasteiger partial charge in [0.05, 0.1) is 21.4 Å². The Hall–Kier alpha value is -0.860. The number of hydrogen-bond donors (Lipinski definition) is 1. The first-order valence-corrected chi connectivity index (χ1v) is 8.89. The minimum atomic E-state index is -3.61. The van der Waals surface area contributed by atoms with E-state index in [2.05, 4.69) is 0 Å². The lowest BCUT2D eigenvalue weighted by molar-refractivity contribution is -0.137. The molecule has 9 heteroatoms. The van der Waals surface area contributed by atoms with Gasteiger partial charge in [0.15, 0.2) is 0 Å². The maximum atomic E-state index is 12.5. The van der Waals surface area contributed by atoms with E-state index in [0.29, 0.717) is 37.7 Å². The van der Waals surface area contributed by atoms with E-state index in [1.165, 1.54) is 22.5 Å². The first-order valence-electron chi connectivity index (χ1n) is 6.70. The Morgan fingerprint density at radius 2 is 1.77 bits per heavy atom. The van der Waals surface area contributed by atoms with Crippen LogP contribution in [-0.4, -0.2) is 61.4 Å². The zero-order valence-corrected chi connectivity index (χ0v) is 14.0. The second-order valence-electron chi connectivity index (χ2n) is 4.97. The molecule has 0 unspecified atom stereocenters. The summed E-state index contributed by atoms with van der Waals surface area (Å²) >= 11 is 11.7. The summed E-state index contributed by atoms with van der Waals surface area (Å²) in [6.07, 6.45) is 0.0551.